The highest BCUT2D eigenvalue weighted by Crippen LogP contribution is 2.30. The van der Waals surface area contributed by atoms with Gasteiger partial charge in [0, 0.05) is 42.8 Å². The lowest BCUT2D eigenvalue weighted by Crippen LogP contribution is -2.46. The van der Waals surface area contributed by atoms with Crippen LogP contribution < -0.4 is 15.8 Å². The van der Waals surface area contributed by atoms with Crippen molar-refractivity contribution in [3.63, 3.8) is 0 Å². The number of fused-ring (bicyclic) bond motifs is 1. The van der Waals surface area contributed by atoms with Crippen molar-refractivity contribution in [3.05, 3.63) is 93.8 Å². The maximum atomic E-state index is 12.8. The molecule has 2 heterocycles. The van der Waals surface area contributed by atoms with Crippen LogP contribution in [0, 0.1) is 0 Å². The van der Waals surface area contributed by atoms with E-state index in [1.165, 1.54) is 0 Å². The Balaban J connectivity index is 1.29. The average Bonchev–Trinajstić information content (AvgIpc) is 2.88. The van der Waals surface area contributed by atoms with Gasteiger partial charge in [-0.3, -0.25) is 4.79 Å². The number of amides is 1. The van der Waals surface area contributed by atoms with Crippen molar-refractivity contribution in [2.24, 2.45) is 0 Å². The van der Waals surface area contributed by atoms with Gasteiger partial charge in [-0.25, -0.2) is 4.79 Å². The third-order valence-electron chi connectivity index (χ3n) is 6.47. The van der Waals surface area contributed by atoms with E-state index in [4.69, 9.17) is 16.0 Å². The lowest BCUT2D eigenvalue weighted by atomic mass is 10.0. The van der Waals surface area contributed by atoms with E-state index in [1.807, 2.05) is 36.4 Å². The molecule has 3 aromatic carbocycles. The number of nitrogens with zero attached hydrogens (tertiary/aromatic N) is 2. The number of carbonyl (C=O) groups is 1. The van der Waals surface area contributed by atoms with Crippen molar-refractivity contribution in [2.75, 3.05) is 42.9 Å². The Morgan fingerprint density at radius 3 is 2.43 bits per heavy atom. The van der Waals surface area contributed by atoms with E-state index in [9.17, 15) is 9.59 Å². The van der Waals surface area contributed by atoms with Crippen molar-refractivity contribution in [1.82, 2.24) is 4.90 Å². The molecule has 1 amide bonds. The maximum absolute atomic E-state index is 12.8. The van der Waals surface area contributed by atoms with Crippen LogP contribution in [0.5, 0.6) is 0 Å². The van der Waals surface area contributed by atoms with Crippen LogP contribution in [-0.4, -0.2) is 43.5 Å². The normalized spacial score (nSPS) is 14.3. The second-order valence-corrected chi connectivity index (χ2v) is 9.01. The van der Waals surface area contributed by atoms with Gasteiger partial charge in [0.05, 0.1) is 16.3 Å². The molecule has 0 radical (unpaired) electrons. The summed E-state index contributed by atoms with van der Waals surface area (Å²) in [6, 6.07) is 21.7. The van der Waals surface area contributed by atoms with Gasteiger partial charge in [0.1, 0.15) is 5.58 Å². The molecule has 178 valence electrons. The number of para-hydroxylation sites is 1. The first-order valence-corrected chi connectivity index (χ1v) is 12.1. The third-order valence-corrected chi connectivity index (χ3v) is 6.77. The molecule has 5 rings (SSSR count). The molecule has 1 aliphatic heterocycles. The Bertz CT molecular complexity index is 1420. The quantitative estimate of drug-likeness (QED) is 0.376. The molecule has 0 aliphatic carbocycles. The van der Waals surface area contributed by atoms with E-state index >= 15 is 0 Å². The first kappa shape index (κ1) is 23.1. The molecule has 1 N–H and O–H groups in total. The molecule has 1 fully saturated rings. The van der Waals surface area contributed by atoms with Gasteiger partial charge in [-0.1, -0.05) is 48.9 Å². The molecule has 7 heteroatoms. The molecule has 35 heavy (non-hydrogen) atoms. The van der Waals surface area contributed by atoms with Gasteiger partial charge < -0.3 is 19.5 Å². The Morgan fingerprint density at radius 1 is 0.971 bits per heavy atom. The molecule has 0 atom stereocenters. The molecule has 1 aromatic heterocycles. The summed E-state index contributed by atoms with van der Waals surface area (Å²) in [5.41, 5.74) is 3.38. The van der Waals surface area contributed by atoms with Crippen molar-refractivity contribution < 1.29 is 9.21 Å². The van der Waals surface area contributed by atoms with Crippen LogP contribution >= 0.6 is 11.6 Å². The Hall–Kier alpha value is -3.61. The number of halogens is 1. The maximum Gasteiger partial charge on any atom is 0.344 e. The third kappa shape index (κ3) is 4.94. The smallest absolute Gasteiger partial charge is 0.344 e. The number of piperazine rings is 1. The second kappa shape index (κ2) is 9.94. The molecule has 4 aromatic rings. The summed E-state index contributed by atoms with van der Waals surface area (Å²) < 4.78 is 5.43. The van der Waals surface area contributed by atoms with Gasteiger partial charge in [0.15, 0.2) is 0 Å². The van der Waals surface area contributed by atoms with Gasteiger partial charge in [-0.15, -0.1) is 0 Å². The topological polar surface area (TPSA) is 65.8 Å². The lowest BCUT2D eigenvalue weighted by Gasteiger charge is -2.36. The van der Waals surface area contributed by atoms with E-state index in [2.05, 4.69) is 22.0 Å². The molecule has 0 saturated carbocycles. The fraction of sp³-hybridized carbons (Fsp3) is 0.214. The molecule has 0 bridgehead atoms. The summed E-state index contributed by atoms with van der Waals surface area (Å²) >= 11 is 6.56. The minimum absolute atomic E-state index is 0.248. The molecule has 0 spiro atoms. The number of carbonyl (C=O) groups excluding carboxylic acids is 1. The van der Waals surface area contributed by atoms with E-state index < -0.39 is 5.63 Å². The lowest BCUT2D eigenvalue weighted by molar-refractivity contribution is 0.102. The first-order valence-electron chi connectivity index (χ1n) is 11.7. The number of hydrogen-bond donors (Lipinski definition) is 1. The highest BCUT2D eigenvalue weighted by Gasteiger charge is 2.18. The van der Waals surface area contributed by atoms with Crippen LogP contribution in [0.15, 0.2) is 82.0 Å². The summed E-state index contributed by atoms with van der Waals surface area (Å²) in [4.78, 5) is 29.9. The standard InChI is InChI=1S/C28H26ClN3O3/c1-2-31-13-15-32(16-14-31)25-12-11-22(18-24(25)29)30-27(33)20-9-7-19(8-10-20)23-17-21-5-3-4-6-26(21)35-28(23)34/h3-12,17-18H,2,13-16H2,1H3,(H,30,33). The summed E-state index contributed by atoms with van der Waals surface area (Å²) in [5.74, 6) is -0.248. The van der Waals surface area contributed by atoms with Gasteiger partial charge in [-0.2, -0.15) is 0 Å². The second-order valence-electron chi connectivity index (χ2n) is 8.60. The molecule has 1 saturated heterocycles. The average molecular weight is 488 g/mol. The van der Waals surface area contributed by atoms with Crippen molar-refractivity contribution in [2.45, 2.75) is 6.92 Å². The SMILES string of the molecule is CCN1CCN(c2ccc(NC(=O)c3ccc(-c4cc5ccccc5oc4=O)cc3)cc2Cl)CC1. The van der Waals surface area contributed by atoms with E-state index in [0.717, 1.165) is 43.8 Å². The Labute approximate surface area is 208 Å². The highest BCUT2D eigenvalue weighted by molar-refractivity contribution is 6.33. The zero-order valence-corrected chi connectivity index (χ0v) is 20.2. The van der Waals surface area contributed by atoms with Gasteiger partial charge in [0.25, 0.3) is 5.91 Å². The Morgan fingerprint density at radius 2 is 1.71 bits per heavy atom. The summed E-state index contributed by atoms with van der Waals surface area (Å²) in [5, 5.41) is 4.37. The number of hydrogen-bond acceptors (Lipinski definition) is 5. The predicted molar refractivity (Wildman–Crippen MR) is 142 cm³/mol. The summed E-state index contributed by atoms with van der Waals surface area (Å²) in [6.07, 6.45) is 0. The number of anilines is 2. The molecular formula is C28H26ClN3O3. The van der Waals surface area contributed by atoms with Gasteiger partial charge in [-0.05, 0) is 54.6 Å². The van der Waals surface area contributed by atoms with Gasteiger partial charge >= 0.3 is 5.63 Å². The van der Waals surface area contributed by atoms with Crippen molar-refractivity contribution in [3.8, 4) is 11.1 Å². The molecule has 1 aliphatic rings. The van der Waals surface area contributed by atoms with E-state index in [1.54, 1.807) is 36.4 Å². The zero-order chi connectivity index (χ0) is 24.4. The monoisotopic (exact) mass is 487 g/mol. The first-order chi connectivity index (χ1) is 17.0. The van der Waals surface area contributed by atoms with Crippen LogP contribution in [-0.2, 0) is 0 Å². The Kier molecular flexibility index (Phi) is 6.57. The van der Waals surface area contributed by atoms with E-state index in [-0.39, 0.29) is 5.91 Å². The van der Waals surface area contributed by atoms with Crippen LogP contribution in [0.25, 0.3) is 22.1 Å². The highest BCUT2D eigenvalue weighted by atomic mass is 35.5. The number of likely N-dealkylation sites (N-methyl/N-ethyl adjacent to an activating group) is 1. The van der Waals surface area contributed by atoms with Crippen molar-refractivity contribution >= 4 is 39.9 Å². The van der Waals surface area contributed by atoms with Crippen LogP contribution in [0.2, 0.25) is 5.02 Å². The fourth-order valence-electron chi connectivity index (χ4n) is 4.41. The summed E-state index contributed by atoms with van der Waals surface area (Å²) in [7, 11) is 0. The number of nitrogens with one attached hydrogen (secondary N) is 1. The zero-order valence-electron chi connectivity index (χ0n) is 19.5. The molecular weight excluding hydrogens is 462 g/mol. The molecule has 6 nitrogen and oxygen atoms in total. The van der Waals surface area contributed by atoms with E-state index in [0.29, 0.717) is 33.0 Å². The van der Waals surface area contributed by atoms with Gasteiger partial charge in [0.2, 0.25) is 0 Å². The minimum Gasteiger partial charge on any atom is -0.422 e. The minimum atomic E-state index is -0.410. The van der Waals surface area contributed by atoms with Crippen molar-refractivity contribution in [1.29, 1.82) is 0 Å². The van der Waals surface area contributed by atoms with Crippen LogP contribution in [0.4, 0.5) is 11.4 Å². The van der Waals surface area contributed by atoms with Crippen LogP contribution in [0.1, 0.15) is 17.3 Å². The fourth-order valence-corrected chi connectivity index (χ4v) is 4.71. The molecule has 0 unspecified atom stereocenters. The predicted octanol–water partition coefficient (Wildman–Crippen LogP) is 5.51. The summed E-state index contributed by atoms with van der Waals surface area (Å²) in [6.45, 7) is 7.13. The number of benzene rings is 3. The van der Waals surface area contributed by atoms with Crippen LogP contribution in [0.3, 0.4) is 0 Å². The largest absolute Gasteiger partial charge is 0.422 e. The number of rotatable bonds is 5.